The monoisotopic (exact) mass is 385 g/mol. The molecule has 1 fully saturated rings. The van der Waals surface area contributed by atoms with Crippen molar-refractivity contribution in [3.05, 3.63) is 48.0 Å². The fourth-order valence-corrected chi connectivity index (χ4v) is 3.33. The summed E-state index contributed by atoms with van der Waals surface area (Å²) in [5, 5.41) is 1.93. The van der Waals surface area contributed by atoms with Crippen LogP contribution in [0.4, 0.5) is 5.69 Å². The molecule has 1 atom stereocenters. The predicted octanol–water partition coefficient (Wildman–Crippen LogP) is 1.15. The average molecular weight is 385 g/mol. The van der Waals surface area contributed by atoms with Crippen LogP contribution in [0.5, 0.6) is 17.2 Å². The molecule has 3 rings (SSSR count). The number of carbonyl (C=O) groups is 2. The second kappa shape index (κ2) is 8.75. The van der Waals surface area contributed by atoms with E-state index in [1.807, 2.05) is 23.5 Å². The third-order valence-electron chi connectivity index (χ3n) is 4.84. The molecule has 0 aliphatic carbocycles. The van der Waals surface area contributed by atoms with Crippen molar-refractivity contribution in [1.29, 1.82) is 0 Å². The van der Waals surface area contributed by atoms with Gasteiger partial charge in [0.1, 0.15) is 5.75 Å². The molecule has 0 spiro atoms. The number of nitrogens with zero attached hydrogens (tertiary/aromatic N) is 1. The van der Waals surface area contributed by atoms with Crippen LogP contribution in [-0.4, -0.2) is 45.7 Å². The van der Waals surface area contributed by atoms with E-state index in [0.29, 0.717) is 29.5 Å². The molecule has 7 heteroatoms. The van der Waals surface area contributed by atoms with Gasteiger partial charge < -0.3 is 19.5 Å². The highest BCUT2D eigenvalue weighted by Crippen LogP contribution is 2.27. The van der Waals surface area contributed by atoms with E-state index in [-0.39, 0.29) is 18.2 Å². The maximum Gasteiger partial charge on any atom is 0.292 e. The van der Waals surface area contributed by atoms with Crippen molar-refractivity contribution >= 4 is 17.5 Å². The Hall–Kier alpha value is -3.06. The molecular weight excluding hydrogens is 360 g/mol. The van der Waals surface area contributed by atoms with Crippen molar-refractivity contribution in [2.75, 3.05) is 32.8 Å². The standard InChI is InChI=1S/C21H24N2O5/c1-26-16-7-5-15(6-8-16)23-20(24)13-17(21(23)25)22-11-10-14-4-9-18(27-2)19(12-14)28-3/h4-9,12,17,22H,10-11,13H2,1-3H3/p+1/t17-/m0/s1. The summed E-state index contributed by atoms with van der Waals surface area (Å²) >= 11 is 0. The minimum absolute atomic E-state index is 0.178. The SMILES string of the molecule is COc1ccc(N2C(=O)C[C@H]([NH2+]CCc3ccc(OC)c(OC)c3)C2=O)cc1. The topological polar surface area (TPSA) is 81.7 Å². The third-order valence-corrected chi connectivity index (χ3v) is 4.84. The van der Waals surface area contributed by atoms with Crippen LogP contribution in [0.15, 0.2) is 42.5 Å². The Labute approximate surface area is 164 Å². The summed E-state index contributed by atoms with van der Waals surface area (Å²) in [7, 11) is 4.78. The number of amides is 2. The van der Waals surface area contributed by atoms with Crippen LogP contribution in [0.3, 0.4) is 0 Å². The lowest BCUT2D eigenvalue weighted by molar-refractivity contribution is -0.674. The Morgan fingerprint density at radius 1 is 0.964 bits per heavy atom. The molecule has 148 valence electrons. The van der Waals surface area contributed by atoms with E-state index >= 15 is 0 Å². The third kappa shape index (κ3) is 4.09. The van der Waals surface area contributed by atoms with E-state index in [1.54, 1.807) is 45.6 Å². The smallest absolute Gasteiger partial charge is 0.292 e. The predicted molar refractivity (Wildman–Crippen MR) is 104 cm³/mol. The number of hydrogen-bond donors (Lipinski definition) is 1. The first-order valence-electron chi connectivity index (χ1n) is 9.12. The van der Waals surface area contributed by atoms with Gasteiger partial charge in [0, 0.05) is 6.42 Å². The van der Waals surface area contributed by atoms with E-state index in [0.717, 1.165) is 12.0 Å². The van der Waals surface area contributed by atoms with E-state index in [1.165, 1.54) is 4.90 Å². The minimum Gasteiger partial charge on any atom is -0.497 e. The van der Waals surface area contributed by atoms with Crippen molar-refractivity contribution in [2.24, 2.45) is 0 Å². The fourth-order valence-electron chi connectivity index (χ4n) is 3.33. The highest BCUT2D eigenvalue weighted by Gasteiger charge is 2.42. The first-order valence-corrected chi connectivity index (χ1v) is 9.12. The minimum atomic E-state index is -0.394. The number of anilines is 1. The molecule has 2 amide bonds. The van der Waals surface area contributed by atoms with Gasteiger partial charge in [-0.25, -0.2) is 4.90 Å². The number of benzene rings is 2. The molecule has 2 N–H and O–H groups in total. The zero-order valence-electron chi connectivity index (χ0n) is 16.3. The van der Waals surface area contributed by atoms with Crippen molar-refractivity contribution < 1.29 is 29.1 Å². The van der Waals surface area contributed by atoms with Crippen LogP contribution in [0, 0.1) is 0 Å². The Morgan fingerprint density at radius 3 is 2.32 bits per heavy atom. The van der Waals surface area contributed by atoms with Gasteiger partial charge in [-0.3, -0.25) is 9.59 Å². The normalized spacial score (nSPS) is 16.4. The molecule has 0 radical (unpaired) electrons. The Bertz CT molecular complexity index is 850. The van der Waals surface area contributed by atoms with E-state index in [4.69, 9.17) is 14.2 Å². The van der Waals surface area contributed by atoms with Gasteiger partial charge in [0.15, 0.2) is 17.5 Å². The summed E-state index contributed by atoms with van der Waals surface area (Å²) in [6, 6.07) is 12.3. The maximum atomic E-state index is 12.7. The number of hydrogen-bond acceptors (Lipinski definition) is 5. The first kappa shape index (κ1) is 19.7. The van der Waals surface area contributed by atoms with Crippen molar-refractivity contribution in [2.45, 2.75) is 18.9 Å². The van der Waals surface area contributed by atoms with E-state index < -0.39 is 6.04 Å². The van der Waals surface area contributed by atoms with Gasteiger partial charge in [-0.05, 0) is 42.0 Å². The second-order valence-corrected chi connectivity index (χ2v) is 6.54. The summed E-state index contributed by atoms with van der Waals surface area (Å²) < 4.78 is 15.7. The summed E-state index contributed by atoms with van der Waals surface area (Å²) in [4.78, 5) is 26.3. The van der Waals surface area contributed by atoms with Crippen LogP contribution in [0.25, 0.3) is 0 Å². The molecule has 1 aliphatic heterocycles. The number of rotatable bonds is 8. The van der Waals surface area contributed by atoms with Crippen LogP contribution in [-0.2, 0) is 16.0 Å². The quantitative estimate of drug-likeness (QED) is 0.690. The molecule has 0 unspecified atom stereocenters. The van der Waals surface area contributed by atoms with Crippen LogP contribution in [0.2, 0.25) is 0 Å². The Balaban J connectivity index is 1.59. The zero-order valence-corrected chi connectivity index (χ0v) is 16.3. The molecule has 1 heterocycles. The number of methoxy groups -OCH3 is 3. The molecule has 28 heavy (non-hydrogen) atoms. The molecule has 0 bridgehead atoms. The summed E-state index contributed by atoms with van der Waals surface area (Å²) in [6.45, 7) is 0.690. The van der Waals surface area contributed by atoms with Crippen LogP contribution >= 0.6 is 0 Å². The number of ether oxygens (including phenoxy) is 3. The average Bonchev–Trinajstić information content (AvgIpc) is 3.01. The summed E-state index contributed by atoms with van der Waals surface area (Å²) in [6.07, 6.45) is 0.956. The molecule has 2 aromatic carbocycles. The van der Waals surface area contributed by atoms with Gasteiger partial charge in [-0.15, -0.1) is 0 Å². The van der Waals surface area contributed by atoms with E-state index in [9.17, 15) is 9.59 Å². The molecule has 1 saturated heterocycles. The highest BCUT2D eigenvalue weighted by molar-refractivity contribution is 6.21. The highest BCUT2D eigenvalue weighted by atomic mass is 16.5. The molecule has 7 nitrogen and oxygen atoms in total. The Morgan fingerprint density at radius 2 is 1.68 bits per heavy atom. The maximum absolute atomic E-state index is 12.7. The molecule has 0 aromatic heterocycles. The number of carbonyl (C=O) groups excluding carboxylic acids is 2. The van der Waals surface area contributed by atoms with Gasteiger partial charge >= 0.3 is 0 Å². The fraction of sp³-hybridized carbons (Fsp3) is 0.333. The van der Waals surface area contributed by atoms with Gasteiger partial charge in [0.25, 0.3) is 5.91 Å². The molecule has 0 saturated carbocycles. The first-order chi connectivity index (χ1) is 13.6. The largest absolute Gasteiger partial charge is 0.497 e. The number of quaternary nitrogens is 1. The van der Waals surface area contributed by atoms with Crippen molar-refractivity contribution in [3.63, 3.8) is 0 Å². The zero-order chi connectivity index (χ0) is 20.1. The summed E-state index contributed by atoms with van der Waals surface area (Å²) in [5.74, 6) is 1.69. The van der Waals surface area contributed by atoms with Gasteiger partial charge in [-0.2, -0.15) is 0 Å². The lowest BCUT2D eigenvalue weighted by Gasteiger charge is -2.14. The van der Waals surface area contributed by atoms with Crippen LogP contribution < -0.4 is 24.4 Å². The summed E-state index contributed by atoms with van der Waals surface area (Å²) in [5.41, 5.74) is 1.66. The number of imide groups is 1. The van der Waals surface area contributed by atoms with Gasteiger partial charge in [-0.1, -0.05) is 6.07 Å². The van der Waals surface area contributed by atoms with Gasteiger partial charge in [0.05, 0.1) is 40.0 Å². The second-order valence-electron chi connectivity index (χ2n) is 6.54. The number of nitrogens with two attached hydrogens (primary N) is 1. The Kier molecular flexibility index (Phi) is 6.16. The molecule has 2 aromatic rings. The van der Waals surface area contributed by atoms with Crippen LogP contribution in [0.1, 0.15) is 12.0 Å². The lowest BCUT2D eigenvalue weighted by atomic mass is 10.1. The van der Waals surface area contributed by atoms with Crippen molar-refractivity contribution in [1.82, 2.24) is 0 Å². The lowest BCUT2D eigenvalue weighted by Crippen LogP contribution is -2.92. The molecular formula is C21H25N2O5+. The molecule has 1 aliphatic rings. The van der Waals surface area contributed by atoms with Crippen molar-refractivity contribution in [3.8, 4) is 17.2 Å². The van der Waals surface area contributed by atoms with Gasteiger partial charge in [0.2, 0.25) is 5.91 Å². The van der Waals surface area contributed by atoms with E-state index in [2.05, 4.69) is 0 Å².